The van der Waals surface area contributed by atoms with Crippen molar-refractivity contribution < 1.29 is 13.2 Å². The molecule has 1 atom stereocenters. The predicted molar refractivity (Wildman–Crippen MR) is 117 cm³/mol. The zero-order valence-corrected chi connectivity index (χ0v) is 18.6. The Balaban J connectivity index is 1.53. The molecule has 0 amide bonds. The van der Waals surface area contributed by atoms with Gasteiger partial charge in [-0.2, -0.15) is 0 Å². The number of sulfonamides is 1. The summed E-state index contributed by atoms with van der Waals surface area (Å²) >= 11 is 1.27. The SMILES string of the molecule is CN=C(NCCNS(=O)(=O)c1ccc(C)s1)N1CCOC(c2ccccc2C)C1. The monoisotopic (exact) mass is 436 g/mol. The molecule has 1 fully saturated rings. The maximum absolute atomic E-state index is 12.3. The number of ether oxygens (including phenoxy) is 1. The lowest BCUT2D eigenvalue weighted by atomic mass is 10.0. The summed E-state index contributed by atoms with van der Waals surface area (Å²) in [5.74, 6) is 0.748. The Morgan fingerprint density at radius 3 is 2.72 bits per heavy atom. The number of guanidine groups is 1. The fraction of sp³-hybridized carbons (Fsp3) is 0.450. The van der Waals surface area contributed by atoms with E-state index in [0.717, 1.165) is 17.4 Å². The van der Waals surface area contributed by atoms with Crippen LogP contribution in [0.4, 0.5) is 0 Å². The first-order chi connectivity index (χ1) is 13.9. The summed E-state index contributed by atoms with van der Waals surface area (Å²) in [6.45, 7) is 6.76. The quantitative estimate of drug-likeness (QED) is 0.412. The molecule has 1 aromatic carbocycles. The summed E-state index contributed by atoms with van der Waals surface area (Å²) < 4.78 is 33.6. The van der Waals surface area contributed by atoms with Crippen molar-refractivity contribution in [1.82, 2.24) is 14.9 Å². The number of thiophene rings is 1. The van der Waals surface area contributed by atoms with Crippen LogP contribution in [0, 0.1) is 13.8 Å². The number of nitrogens with one attached hydrogen (secondary N) is 2. The highest BCUT2D eigenvalue weighted by Crippen LogP contribution is 2.25. The Morgan fingerprint density at radius 1 is 1.24 bits per heavy atom. The fourth-order valence-corrected chi connectivity index (χ4v) is 5.66. The van der Waals surface area contributed by atoms with Crippen molar-refractivity contribution in [2.24, 2.45) is 4.99 Å². The molecule has 9 heteroatoms. The number of rotatable bonds is 6. The van der Waals surface area contributed by atoms with Crippen molar-refractivity contribution in [3.05, 3.63) is 52.4 Å². The number of aryl methyl sites for hydroxylation is 2. The van der Waals surface area contributed by atoms with Crippen LogP contribution in [0.1, 0.15) is 22.1 Å². The lowest BCUT2D eigenvalue weighted by Gasteiger charge is -2.35. The molecule has 2 aromatic rings. The van der Waals surface area contributed by atoms with Gasteiger partial charge in [-0.05, 0) is 37.1 Å². The average molecular weight is 437 g/mol. The maximum Gasteiger partial charge on any atom is 0.250 e. The van der Waals surface area contributed by atoms with Gasteiger partial charge in [0.05, 0.1) is 13.2 Å². The molecular weight excluding hydrogens is 408 g/mol. The van der Waals surface area contributed by atoms with Gasteiger partial charge in [-0.15, -0.1) is 11.3 Å². The van der Waals surface area contributed by atoms with Crippen molar-refractivity contribution >= 4 is 27.3 Å². The molecular formula is C20H28N4O3S2. The molecule has 29 heavy (non-hydrogen) atoms. The van der Waals surface area contributed by atoms with Crippen molar-refractivity contribution in [3.8, 4) is 0 Å². The molecule has 0 radical (unpaired) electrons. The van der Waals surface area contributed by atoms with Crippen molar-refractivity contribution in [2.75, 3.05) is 39.8 Å². The van der Waals surface area contributed by atoms with Crippen LogP contribution in [0.15, 0.2) is 45.6 Å². The first kappa shape index (κ1) is 21.8. The molecule has 0 spiro atoms. The number of hydrogen-bond donors (Lipinski definition) is 2. The van der Waals surface area contributed by atoms with Crippen LogP contribution in [0.2, 0.25) is 0 Å². The zero-order chi connectivity index (χ0) is 20.9. The zero-order valence-electron chi connectivity index (χ0n) is 17.0. The van der Waals surface area contributed by atoms with E-state index in [9.17, 15) is 8.42 Å². The third-order valence-corrected chi connectivity index (χ3v) is 7.75. The van der Waals surface area contributed by atoms with E-state index >= 15 is 0 Å². The first-order valence-corrected chi connectivity index (χ1v) is 11.9. The topological polar surface area (TPSA) is 83.0 Å². The average Bonchev–Trinajstić information content (AvgIpc) is 3.16. The molecule has 1 unspecified atom stereocenters. The van der Waals surface area contributed by atoms with Gasteiger partial charge in [-0.3, -0.25) is 4.99 Å². The molecule has 158 valence electrons. The summed E-state index contributed by atoms with van der Waals surface area (Å²) in [5.41, 5.74) is 2.40. The number of morpholine rings is 1. The number of aliphatic imine (C=N–C) groups is 1. The van der Waals surface area contributed by atoms with E-state index < -0.39 is 10.0 Å². The third kappa shape index (κ3) is 5.57. The van der Waals surface area contributed by atoms with Crippen LogP contribution < -0.4 is 10.0 Å². The predicted octanol–water partition coefficient (Wildman–Crippen LogP) is 2.29. The Kier molecular flexibility index (Phi) is 7.28. The minimum Gasteiger partial charge on any atom is -0.370 e. The van der Waals surface area contributed by atoms with E-state index in [0.29, 0.717) is 23.9 Å². The molecule has 2 N–H and O–H groups in total. The van der Waals surface area contributed by atoms with Gasteiger partial charge in [0.2, 0.25) is 10.0 Å². The highest BCUT2D eigenvalue weighted by molar-refractivity contribution is 7.91. The fourth-order valence-electron chi connectivity index (χ4n) is 3.30. The molecule has 0 bridgehead atoms. The maximum atomic E-state index is 12.3. The second-order valence-electron chi connectivity index (χ2n) is 6.90. The highest BCUT2D eigenvalue weighted by atomic mass is 32.2. The Bertz CT molecular complexity index is 956. The van der Waals surface area contributed by atoms with Gasteiger partial charge < -0.3 is 15.0 Å². The van der Waals surface area contributed by atoms with Gasteiger partial charge in [0.1, 0.15) is 10.3 Å². The molecule has 1 aromatic heterocycles. The molecule has 1 aliphatic heterocycles. The molecule has 2 heterocycles. The van der Waals surface area contributed by atoms with E-state index in [1.807, 2.05) is 25.1 Å². The first-order valence-electron chi connectivity index (χ1n) is 9.59. The van der Waals surface area contributed by atoms with Crippen LogP contribution in [0.5, 0.6) is 0 Å². The van der Waals surface area contributed by atoms with E-state index in [1.54, 1.807) is 13.1 Å². The largest absolute Gasteiger partial charge is 0.370 e. The minimum absolute atomic E-state index is 0.0101. The summed E-state index contributed by atoms with van der Waals surface area (Å²) in [4.78, 5) is 7.48. The highest BCUT2D eigenvalue weighted by Gasteiger charge is 2.25. The summed E-state index contributed by atoms with van der Waals surface area (Å²) in [6, 6.07) is 11.7. The van der Waals surface area contributed by atoms with Crippen LogP contribution in [0.3, 0.4) is 0 Å². The third-order valence-electron chi connectivity index (χ3n) is 4.79. The van der Waals surface area contributed by atoms with Crippen LogP contribution in [-0.4, -0.2) is 59.1 Å². The van der Waals surface area contributed by atoms with Crippen LogP contribution in [-0.2, 0) is 14.8 Å². The Labute approximate surface area is 176 Å². The minimum atomic E-state index is -3.46. The van der Waals surface area contributed by atoms with Crippen molar-refractivity contribution in [3.63, 3.8) is 0 Å². The number of benzene rings is 1. The lowest BCUT2D eigenvalue weighted by Crippen LogP contribution is -2.49. The summed E-state index contributed by atoms with van der Waals surface area (Å²) in [7, 11) is -1.73. The smallest absolute Gasteiger partial charge is 0.250 e. The van der Waals surface area contributed by atoms with Gasteiger partial charge in [-0.25, -0.2) is 13.1 Å². The van der Waals surface area contributed by atoms with Crippen LogP contribution in [0.25, 0.3) is 0 Å². The molecule has 1 saturated heterocycles. The van der Waals surface area contributed by atoms with Gasteiger partial charge in [-0.1, -0.05) is 24.3 Å². The molecule has 0 aliphatic carbocycles. The van der Waals surface area contributed by atoms with Gasteiger partial charge >= 0.3 is 0 Å². The second kappa shape index (κ2) is 9.71. The van der Waals surface area contributed by atoms with E-state index in [-0.39, 0.29) is 12.6 Å². The van der Waals surface area contributed by atoms with Gasteiger partial charge in [0.15, 0.2) is 5.96 Å². The van der Waals surface area contributed by atoms with Gasteiger partial charge in [0, 0.05) is 31.6 Å². The van der Waals surface area contributed by atoms with E-state index in [1.165, 1.54) is 22.5 Å². The van der Waals surface area contributed by atoms with Gasteiger partial charge in [0.25, 0.3) is 0 Å². The lowest BCUT2D eigenvalue weighted by molar-refractivity contribution is -0.00828. The molecule has 3 rings (SSSR count). The van der Waals surface area contributed by atoms with Crippen LogP contribution >= 0.6 is 11.3 Å². The Hall–Kier alpha value is -1.94. The number of nitrogens with zero attached hydrogens (tertiary/aromatic N) is 2. The molecule has 7 nitrogen and oxygen atoms in total. The summed E-state index contributed by atoms with van der Waals surface area (Å²) in [5, 5.41) is 3.25. The Morgan fingerprint density at radius 2 is 2.03 bits per heavy atom. The number of hydrogen-bond acceptors (Lipinski definition) is 5. The van der Waals surface area contributed by atoms with Crippen molar-refractivity contribution in [1.29, 1.82) is 0 Å². The second-order valence-corrected chi connectivity index (χ2v) is 10.2. The molecule has 1 aliphatic rings. The van der Waals surface area contributed by atoms with E-state index in [4.69, 9.17) is 4.74 Å². The summed E-state index contributed by atoms with van der Waals surface area (Å²) in [6.07, 6.45) is -0.0101. The molecule has 0 saturated carbocycles. The van der Waals surface area contributed by atoms with Crippen molar-refractivity contribution in [2.45, 2.75) is 24.2 Å². The van der Waals surface area contributed by atoms with E-state index in [2.05, 4.69) is 39.0 Å². The normalized spacial score (nSPS) is 18.1. The standard InChI is InChI=1S/C20H28N4O3S2/c1-15-6-4-5-7-17(15)18-14-24(12-13-27-18)20(21-3)22-10-11-23-29(25,26)19-9-8-16(2)28-19/h4-9,18,23H,10-14H2,1-3H3,(H,21,22).